The highest BCUT2D eigenvalue weighted by Gasteiger charge is 2.22. The third kappa shape index (κ3) is 2.79. The number of aryl methyl sites for hydroxylation is 1. The van der Waals surface area contributed by atoms with Gasteiger partial charge in [-0.3, -0.25) is 0 Å². The van der Waals surface area contributed by atoms with Gasteiger partial charge in [-0.25, -0.2) is 14.4 Å². The molecule has 0 atom stereocenters. The summed E-state index contributed by atoms with van der Waals surface area (Å²) >= 11 is 0. The van der Waals surface area contributed by atoms with Gasteiger partial charge in [0.2, 0.25) is 0 Å². The predicted molar refractivity (Wildman–Crippen MR) is 74.2 cm³/mol. The lowest BCUT2D eigenvalue weighted by molar-refractivity contribution is 0.416. The van der Waals surface area contributed by atoms with Crippen molar-refractivity contribution in [2.24, 2.45) is 0 Å². The van der Waals surface area contributed by atoms with Crippen LogP contribution in [-0.4, -0.2) is 17.0 Å². The van der Waals surface area contributed by atoms with Gasteiger partial charge in [0.1, 0.15) is 11.6 Å². The molecule has 19 heavy (non-hydrogen) atoms. The van der Waals surface area contributed by atoms with Gasteiger partial charge < -0.3 is 5.32 Å². The SMILES string of the molecule is CNC(C)(C)c1nc(C)cc(-c2ccccc2F)n1. The zero-order valence-corrected chi connectivity index (χ0v) is 11.7. The van der Waals surface area contributed by atoms with Gasteiger partial charge in [-0.2, -0.15) is 0 Å². The maximum absolute atomic E-state index is 13.8. The first-order valence-electron chi connectivity index (χ1n) is 6.24. The molecule has 1 heterocycles. The third-order valence-electron chi connectivity index (χ3n) is 3.19. The van der Waals surface area contributed by atoms with Crippen LogP contribution < -0.4 is 5.32 Å². The van der Waals surface area contributed by atoms with E-state index in [1.807, 2.05) is 27.8 Å². The molecule has 100 valence electrons. The van der Waals surface area contributed by atoms with Crippen molar-refractivity contribution in [3.05, 3.63) is 47.7 Å². The van der Waals surface area contributed by atoms with Crippen LogP contribution >= 0.6 is 0 Å². The zero-order valence-electron chi connectivity index (χ0n) is 11.7. The first-order chi connectivity index (χ1) is 8.94. The quantitative estimate of drug-likeness (QED) is 0.920. The second-order valence-electron chi connectivity index (χ2n) is 5.07. The summed E-state index contributed by atoms with van der Waals surface area (Å²) in [5, 5.41) is 3.16. The molecule has 0 aliphatic rings. The zero-order chi connectivity index (χ0) is 14.0. The minimum Gasteiger partial charge on any atom is -0.308 e. The average molecular weight is 259 g/mol. The van der Waals surface area contributed by atoms with Crippen LogP contribution in [0.5, 0.6) is 0 Å². The fraction of sp³-hybridized carbons (Fsp3) is 0.333. The molecule has 1 aromatic heterocycles. The molecule has 0 saturated carbocycles. The summed E-state index contributed by atoms with van der Waals surface area (Å²) < 4.78 is 13.8. The number of nitrogens with one attached hydrogen (secondary N) is 1. The number of hydrogen-bond acceptors (Lipinski definition) is 3. The fourth-order valence-electron chi connectivity index (χ4n) is 1.77. The number of halogens is 1. The highest BCUT2D eigenvalue weighted by molar-refractivity contribution is 5.60. The van der Waals surface area contributed by atoms with Gasteiger partial charge in [0.05, 0.1) is 11.2 Å². The first kappa shape index (κ1) is 13.6. The van der Waals surface area contributed by atoms with E-state index < -0.39 is 0 Å². The monoisotopic (exact) mass is 259 g/mol. The predicted octanol–water partition coefficient (Wildman–Crippen LogP) is 3.05. The summed E-state index contributed by atoms with van der Waals surface area (Å²) in [6.07, 6.45) is 0. The van der Waals surface area contributed by atoms with Crippen LogP contribution in [-0.2, 0) is 5.54 Å². The highest BCUT2D eigenvalue weighted by atomic mass is 19.1. The van der Waals surface area contributed by atoms with Crippen LogP contribution in [0.3, 0.4) is 0 Å². The summed E-state index contributed by atoms with van der Waals surface area (Å²) in [6, 6.07) is 8.45. The van der Waals surface area contributed by atoms with Crippen molar-refractivity contribution >= 4 is 0 Å². The molecule has 0 bridgehead atoms. The number of aromatic nitrogens is 2. The second-order valence-corrected chi connectivity index (χ2v) is 5.07. The standard InChI is InChI=1S/C15H18FN3/c1-10-9-13(11-7-5-6-8-12(11)16)19-14(18-10)15(2,3)17-4/h5-9,17H,1-4H3. The Morgan fingerprint density at radius 3 is 2.47 bits per heavy atom. The molecular formula is C15H18FN3. The van der Waals surface area contributed by atoms with E-state index in [0.29, 0.717) is 17.1 Å². The Morgan fingerprint density at radius 1 is 1.16 bits per heavy atom. The molecule has 0 unspecified atom stereocenters. The van der Waals surface area contributed by atoms with Gasteiger partial charge in [0, 0.05) is 11.3 Å². The topological polar surface area (TPSA) is 37.8 Å². The van der Waals surface area contributed by atoms with Crippen LogP contribution in [0.1, 0.15) is 25.4 Å². The molecule has 0 aliphatic heterocycles. The van der Waals surface area contributed by atoms with Crippen molar-refractivity contribution in [1.82, 2.24) is 15.3 Å². The average Bonchev–Trinajstić information content (AvgIpc) is 2.38. The van der Waals surface area contributed by atoms with E-state index in [1.165, 1.54) is 6.07 Å². The van der Waals surface area contributed by atoms with E-state index in [4.69, 9.17) is 0 Å². The fourth-order valence-corrected chi connectivity index (χ4v) is 1.77. The van der Waals surface area contributed by atoms with Crippen molar-refractivity contribution in [3.63, 3.8) is 0 Å². The van der Waals surface area contributed by atoms with Gasteiger partial charge >= 0.3 is 0 Å². The molecule has 0 saturated heterocycles. The Labute approximate surface area is 112 Å². The molecule has 0 amide bonds. The summed E-state index contributed by atoms with van der Waals surface area (Å²) in [6.45, 7) is 5.88. The molecule has 4 heteroatoms. The molecule has 3 nitrogen and oxygen atoms in total. The molecular weight excluding hydrogens is 241 g/mol. The smallest absolute Gasteiger partial charge is 0.148 e. The number of hydrogen-bond donors (Lipinski definition) is 1. The van der Waals surface area contributed by atoms with Crippen LogP contribution in [0.25, 0.3) is 11.3 Å². The Morgan fingerprint density at radius 2 is 1.84 bits per heavy atom. The summed E-state index contributed by atoms with van der Waals surface area (Å²) in [4.78, 5) is 8.93. The van der Waals surface area contributed by atoms with Gasteiger partial charge in [0.25, 0.3) is 0 Å². The van der Waals surface area contributed by atoms with Gasteiger partial charge in [-0.05, 0) is 46.0 Å². The minimum atomic E-state index is -0.355. The van der Waals surface area contributed by atoms with E-state index >= 15 is 0 Å². The normalized spacial score (nSPS) is 11.6. The lowest BCUT2D eigenvalue weighted by Crippen LogP contribution is -2.35. The Balaban J connectivity index is 2.58. The maximum atomic E-state index is 13.8. The van der Waals surface area contributed by atoms with Gasteiger partial charge in [-0.15, -0.1) is 0 Å². The Hall–Kier alpha value is -1.81. The van der Waals surface area contributed by atoms with Crippen LogP contribution in [0.15, 0.2) is 30.3 Å². The number of benzene rings is 1. The summed E-state index contributed by atoms with van der Waals surface area (Å²) in [5.41, 5.74) is 1.59. The molecule has 0 spiro atoms. The summed E-state index contributed by atoms with van der Waals surface area (Å²) in [7, 11) is 1.86. The molecule has 0 fully saturated rings. The molecule has 1 N–H and O–H groups in total. The molecule has 2 aromatic rings. The van der Waals surface area contributed by atoms with E-state index in [-0.39, 0.29) is 11.4 Å². The van der Waals surface area contributed by atoms with E-state index in [1.54, 1.807) is 24.3 Å². The largest absolute Gasteiger partial charge is 0.308 e. The third-order valence-corrected chi connectivity index (χ3v) is 3.19. The summed E-state index contributed by atoms with van der Waals surface area (Å²) in [5.74, 6) is 0.391. The van der Waals surface area contributed by atoms with Gasteiger partial charge in [0.15, 0.2) is 0 Å². The van der Waals surface area contributed by atoms with E-state index in [2.05, 4.69) is 15.3 Å². The first-order valence-corrected chi connectivity index (χ1v) is 6.24. The highest BCUT2D eigenvalue weighted by Crippen LogP contribution is 2.24. The van der Waals surface area contributed by atoms with Crippen LogP contribution in [0.2, 0.25) is 0 Å². The van der Waals surface area contributed by atoms with Crippen molar-refractivity contribution in [2.75, 3.05) is 7.05 Å². The molecule has 2 rings (SSSR count). The second kappa shape index (κ2) is 5.05. The van der Waals surface area contributed by atoms with E-state index in [0.717, 1.165) is 5.69 Å². The minimum absolute atomic E-state index is 0.270. The lowest BCUT2D eigenvalue weighted by Gasteiger charge is -2.23. The Bertz CT molecular complexity index is 594. The van der Waals surface area contributed by atoms with E-state index in [9.17, 15) is 4.39 Å². The molecule has 1 aromatic carbocycles. The number of rotatable bonds is 3. The Kier molecular flexibility index (Phi) is 3.62. The van der Waals surface area contributed by atoms with Crippen LogP contribution in [0.4, 0.5) is 4.39 Å². The van der Waals surface area contributed by atoms with Crippen molar-refractivity contribution in [2.45, 2.75) is 26.3 Å². The molecule has 0 radical (unpaired) electrons. The van der Waals surface area contributed by atoms with Gasteiger partial charge in [-0.1, -0.05) is 12.1 Å². The van der Waals surface area contributed by atoms with Crippen molar-refractivity contribution < 1.29 is 4.39 Å². The molecule has 0 aliphatic carbocycles. The van der Waals surface area contributed by atoms with Crippen LogP contribution in [0, 0.1) is 12.7 Å². The van der Waals surface area contributed by atoms with Crippen molar-refractivity contribution in [3.8, 4) is 11.3 Å². The van der Waals surface area contributed by atoms with Crippen molar-refractivity contribution in [1.29, 1.82) is 0 Å². The number of nitrogens with zero attached hydrogens (tertiary/aromatic N) is 2. The maximum Gasteiger partial charge on any atom is 0.148 e. The lowest BCUT2D eigenvalue weighted by atomic mass is 10.0.